The highest BCUT2D eigenvalue weighted by atomic mass is 16.5. The Labute approximate surface area is 249 Å². The van der Waals surface area contributed by atoms with Gasteiger partial charge >= 0.3 is 5.97 Å². The number of carbonyl (C=O) groups is 6. The zero-order valence-electron chi connectivity index (χ0n) is 25.0. The Morgan fingerprint density at radius 3 is 2.19 bits per heavy atom. The molecule has 0 spiro atoms. The number of ether oxygens (including phenoxy) is 1. The normalized spacial score (nSPS) is 34.3. The number of phenols is 1. The standard InChI is InChI=1S/C31H39N3O9/c1-13-17-15(33(2)3)11-12-16(35)19(17)24(36)20-18(13)26(43-30(41)14-9-7-6-8-10-14)22-23(34(4)5)25(37)21(29(32)40)28(39)31(22,42)27(20)38/h11-14,18,20-23,26,35,42H,6-10H2,1-5H3,(H2,32,40)/t13-,18+,20?,21?,22+,23-,26-,31-/m1/s1. The first-order chi connectivity index (χ1) is 20.2. The zero-order valence-corrected chi connectivity index (χ0v) is 25.0. The van der Waals surface area contributed by atoms with Crippen molar-refractivity contribution in [1.29, 1.82) is 0 Å². The summed E-state index contributed by atoms with van der Waals surface area (Å²) in [5.41, 5.74) is 3.30. The van der Waals surface area contributed by atoms with Crippen molar-refractivity contribution in [2.75, 3.05) is 33.1 Å². The van der Waals surface area contributed by atoms with Gasteiger partial charge in [0.05, 0.1) is 29.4 Å². The number of hydrogen-bond donors (Lipinski definition) is 3. The van der Waals surface area contributed by atoms with E-state index in [1.54, 1.807) is 32.0 Å². The van der Waals surface area contributed by atoms with E-state index in [9.17, 15) is 39.0 Å². The van der Waals surface area contributed by atoms with Gasteiger partial charge in [-0.3, -0.25) is 33.7 Å². The Kier molecular flexibility index (Phi) is 7.75. The molecule has 4 N–H and O–H groups in total. The molecule has 0 radical (unpaired) electrons. The third-order valence-corrected chi connectivity index (χ3v) is 10.1. The highest BCUT2D eigenvalue weighted by molar-refractivity contribution is 6.32. The van der Waals surface area contributed by atoms with Crippen molar-refractivity contribution in [3.63, 3.8) is 0 Å². The fourth-order valence-electron chi connectivity index (χ4n) is 8.12. The fraction of sp³-hybridized carbons (Fsp3) is 0.613. The van der Waals surface area contributed by atoms with Crippen LogP contribution in [0.15, 0.2) is 12.1 Å². The zero-order chi connectivity index (χ0) is 31.7. The van der Waals surface area contributed by atoms with Gasteiger partial charge in [0.1, 0.15) is 11.9 Å². The Hall–Kier alpha value is -3.64. The Bertz CT molecular complexity index is 1420. The number of primary amides is 1. The minimum Gasteiger partial charge on any atom is -0.507 e. The van der Waals surface area contributed by atoms with Crippen LogP contribution in [0.4, 0.5) is 5.69 Å². The van der Waals surface area contributed by atoms with Crippen LogP contribution in [0.1, 0.15) is 60.9 Å². The number of amides is 1. The first-order valence-corrected chi connectivity index (χ1v) is 14.7. The molecule has 0 aromatic heterocycles. The van der Waals surface area contributed by atoms with Crippen LogP contribution in [0.25, 0.3) is 0 Å². The summed E-state index contributed by atoms with van der Waals surface area (Å²) in [5.74, 6) is -14.4. The number of anilines is 1. The number of aliphatic hydroxyl groups is 1. The minimum atomic E-state index is -3.04. The minimum absolute atomic E-state index is 0.123. The van der Waals surface area contributed by atoms with Gasteiger partial charge in [-0.1, -0.05) is 26.2 Å². The van der Waals surface area contributed by atoms with Gasteiger partial charge in [-0.15, -0.1) is 0 Å². The number of Topliss-reactive ketones (excluding diaryl/α,β-unsaturated/α-hetero) is 4. The number of phenolic OH excluding ortho intramolecular Hbond substituents is 1. The lowest BCUT2D eigenvalue weighted by Gasteiger charge is -2.57. The molecule has 4 aliphatic carbocycles. The number of fused-ring (bicyclic) bond motifs is 3. The second-order valence-corrected chi connectivity index (χ2v) is 12.9. The average Bonchev–Trinajstić information content (AvgIpc) is 2.94. The monoisotopic (exact) mass is 597 g/mol. The van der Waals surface area contributed by atoms with E-state index in [1.165, 1.54) is 25.1 Å². The molecule has 3 saturated carbocycles. The molecule has 12 nitrogen and oxygen atoms in total. The van der Waals surface area contributed by atoms with Gasteiger partial charge in [0.2, 0.25) is 5.91 Å². The number of aromatic hydroxyl groups is 1. The quantitative estimate of drug-likeness (QED) is 0.319. The highest BCUT2D eigenvalue weighted by Gasteiger charge is 2.74. The second-order valence-electron chi connectivity index (χ2n) is 12.9. The number of esters is 1. The first kappa shape index (κ1) is 30.8. The van der Waals surface area contributed by atoms with Gasteiger partial charge < -0.3 is 25.6 Å². The van der Waals surface area contributed by atoms with Crippen LogP contribution in [0.3, 0.4) is 0 Å². The van der Waals surface area contributed by atoms with E-state index in [-0.39, 0.29) is 11.3 Å². The molecule has 3 fully saturated rings. The van der Waals surface area contributed by atoms with E-state index in [0.717, 1.165) is 19.3 Å². The summed E-state index contributed by atoms with van der Waals surface area (Å²) < 4.78 is 6.19. The van der Waals surface area contributed by atoms with Crippen LogP contribution < -0.4 is 10.6 Å². The van der Waals surface area contributed by atoms with Gasteiger partial charge in [0, 0.05) is 25.7 Å². The molecule has 43 heavy (non-hydrogen) atoms. The maximum absolute atomic E-state index is 14.4. The van der Waals surface area contributed by atoms with E-state index in [2.05, 4.69) is 0 Å². The number of hydrogen-bond acceptors (Lipinski definition) is 11. The van der Waals surface area contributed by atoms with E-state index in [1.807, 2.05) is 0 Å². The van der Waals surface area contributed by atoms with Crippen LogP contribution in [-0.2, 0) is 28.7 Å². The van der Waals surface area contributed by atoms with Crippen molar-refractivity contribution in [2.24, 2.45) is 35.3 Å². The third kappa shape index (κ3) is 4.40. The molecule has 12 heteroatoms. The molecule has 2 unspecified atom stereocenters. The molecule has 0 heterocycles. The summed E-state index contributed by atoms with van der Waals surface area (Å²) in [6, 6.07) is 1.55. The predicted octanol–water partition coefficient (Wildman–Crippen LogP) is 0.596. The Balaban J connectivity index is 1.77. The van der Waals surface area contributed by atoms with Crippen molar-refractivity contribution >= 4 is 40.7 Å². The molecule has 1 amide bonds. The lowest BCUT2D eigenvalue weighted by molar-refractivity contribution is -0.207. The lowest BCUT2D eigenvalue weighted by Crippen LogP contribution is -2.78. The molecule has 4 aliphatic rings. The summed E-state index contributed by atoms with van der Waals surface area (Å²) in [5, 5.41) is 23.0. The smallest absolute Gasteiger partial charge is 0.309 e. The van der Waals surface area contributed by atoms with Gasteiger partial charge in [0.25, 0.3) is 0 Å². The van der Waals surface area contributed by atoms with Gasteiger partial charge in [-0.05, 0) is 50.6 Å². The molecular formula is C31H39N3O9. The summed E-state index contributed by atoms with van der Waals surface area (Å²) in [7, 11) is 6.48. The van der Waals surface area contributed by atoms with Crippen LogP contribution in [-0.4, -0.2) is 96.1 Å². The van der Waals surface area contributed by atoms with Crippen LogP contribution in [0.2, 0.25) is 0 Å². The molecule has 0 aliphatic heterocycles. The number of benzene rings is 1. The molecular weight excluding hydrogens is 558 g/mol. The van der Waals surface area contributed by atoms with Crippen LogP contribution >= 0.6 is 0 Å². The average molecular weight is 598 g/mol. The first-order valence-electron chi connectivity index (χ1n) is 14.7. The predicted molar refractivity (Wildman–Crippen MR) is 152 cm³/mol. The summed E-state index contributed by atoms with van der Waals surface area (Å²) in [6.07, 6.45) is 2.29. The summed E-state index contributed by atoms with van der Waals surface area (Å²) in [6.45, 7) is 1.73. The van der Waals surface area contributed by atoms with E-state index in [0.29, 0.717) is 24.1 Å². The maximum atomic E-state index is 14.4. The SMILES string of the molecule is C[C@@H]1c2c(N(C)C)ccc(O)c2C(=O)C2C(=O)[C@@]3(O)C(=O)C(C(N)=O)C(=O)[C@H](N(C)C)[C@H]3[C@H](OC(=O)C3CCCCC3)[C@H]21. The molecule has 0 saturated heterocycles. The van der Waals surface area contributed by atoms with Gasteiger partial charge in [0.15, 0.2) is 34.7 Å². The highest BCUT2D eigenvalue weighted by Crippen LogP contribution is 2.57. The molecule has 1 aromatic carbocycles. The van der Waals surface area contributed by atoms with Crippen molar-refractivity contribution < 1.29 is 43.7 Å². The fourth-order valence-corrected chi connectivity index (χ4v) is 8.12. The topological polar surface area (TPSA) is 185 Å². The van der Waals surface area contributed by atoms with Crippen LogP contribution in [0.5, 0.6) is 5.75 Å². The molecule has 5 rings (SSSR count). The van der Waals surface area contributed by atoms with E-state index >= 15 is 0 Å². The number of likely N-dealkylation sites (N-methyl/N-ethyl adjacent to an activating group) is 1. The number of carbonyl (C=O) groups excluding carboxylic acids is 6. The molecule has 232 valence electrons. The van der Waals surface area contributed by atoms with Gasteiger partial charge in [-0.2, -0.15) is 0 Å². The Morgan fingerprint density at radius 2 is 1.63 bits per heavy atom. The van der Waals surface area contributed by atoms with Crippen molar-refractivity contribution in [1.82, 2.24) is 4.90 Å². The van der Waals surface area contributed by atoms with Crippen molar-refractivity contribution in [3.8, 4) is 5.75 Å². The number of ketones is 4. The summed E-state index contributed by atoms with van der Waals surface area (Å²) in [4.78, 5) is 85.4. The maximum Gasteiger partial charge on any atom is 0.309 e. The van der Waals surface area contributed by atoms with Crippen molar-refractivity contribution in [2.45, 2.75) is 62.7 Å². The van der Waals surface area contributed by atoms with E-state index in [4.69, 9.17) is 10.5 Å². The lowest BCUT2D eigenvalue weighted by atomic mass is 9.49. The number of nitrogens with zero attached hydrogens (tertiary/aromatic N) is 2. The number of rotatable bonds is 5. The molecule has 0 bridgehead atoms. The third-order valence-electron chi connectivity index (χ3n) is 10.1. The van der Waals surface area contributed by atoms with Gasteiger partial charge in [-0.25, -0.2) is 0 Å². The number of nitrogens with two attached hydrogens (primary N) is 1. The van der Waals surface area contributed by atoms with Crippen molar-refractivity contribution in [3.05, 3.63) is 23.3 Å². The molecule has 8 atom stereocenters. The Morgan fingerprint density at radius 1 is 1.00 bits per heavy atom. The second kappa shape index (κ2) is 10.8. The van der Waals surface area contributed by atoms with Crippen LogP contribution in [0, 0.1) is 29.6 Å². The summed E-state index contributed by atoms with van der Waals surface area (Å²) >= 11 is 0. The molecule has 1 aromatic rings. The largest absolute Gasteiger partial charge is 0.507 e. The van der Waals surface area contributed by atoms with E-state index < -0.39 is 88.3 Å².